The molecule has 19 heteroatoms. The van der Waals surface area contributed by atoms with Gasteiger partial charge < -0.3 is 60.1 Å². The first-order valence-electron chi connectivity index (χ1n) is 22.2. The minimum atomic E-state index is -1.33. The minimum absolute atomic E-state index is 0.0116. The first-order valence-corrected chi connectivity index (χ1v) is 22.2. The van der Waals surface area contributed by atoms with Gasteiger partial charge in [-0.2, -0.15) is 0 Å². The summed E-state index contributed by atoms with van der Waals surface area (Å²) in [5.74, 6) is -1.53. The second kappa shape index (κ2) is 23.8. The second-order valence-corrected chi connectivity index (χ2v) is 19.0. The largest absolute Gasteiger partial charge is 0.491 e. The first-order chi connectivity index (χ1) is 30.7. The molecule has 4 bridgehead atoms. The molecule has 2 unspecified atom stereocenters. The van der Waals surface area contributed by atoms with Gasteiger partial charge in [0, 0.05) is 43.7 Å². The van der Waals surface area contributed by atoms with Gasteiger partial charge in [-0.15, -0.1) is 0 Å². The Labute approximate surface area is 388 Å². The second-order valence-electron chi connectivity index (χ2n) is 19.0. The van der Waals surface area contributed by atoms with Gasteiger partial charge in [0.25, 0.3) is 0 Å². The maximum atomic E-state index is 14.3. The third-order valence-corrected chi connectivity index (χ3v) is 9.50. The van der Waals surface area contributed by atoms with E-state index in [-0.39, 0.29) is 45.3 Å². The van der Waals surface area contributed by atoms with Crippen LogP contribution in [0.3, 0.4) is 0 Å². The Morgan fingerprint density at radius 3 is 1.77 bits per heavy atom. The maximum Gasteiger partial charge on any atom is 0.410 e. The lowest BCUT2D eigenvalue weighted by atomic mass is 9.94. The topological polar surface area (TPSA) is 232 Å². The quantitative estimate of drug-likeness (QED) is 0.118. The van der Waals surface area contributed by atoms with E-state index < -0.39 is 77.3 Å². The minimum Gasteiger partial charge on any atom is -0.491 e. The van der Waals surface area contributed by atoms with Crippen LogP contribution in [-0.2, 0) is 39.8 Å². The van der Waals surface area contributed by atoms with Crippen molar-refractivity contribution in [3.05, 3.63) is 47.5 Å². The maximum absolute atomic E-state index is 14.3. The molecular formula is C47H71N7O12. The Bertz CT molecular complexity index is 2040. The van der Waals surface area contributed by atoms with Gasteiger partial charge >= 0.3 is 18.3 Å². The summed E-state index contributed by atoms with van der Waals surface area (Å²) in [5, 5.41) is 13.7. The Hall–Kier alpha value is -6.27. The number of likely N-dealkylation sites (N-methyl/N-ethyl adjacent to an activating group) is 1. The van der Waals surface area contributed by atoms with E-state index in [4.69, 9.17) is 23.7 Å². The van der Waals surface area contributed by atoms with Crippen LogP contribution in [0, 0.1) is 0 Å². The average Bonchev–Trinajstić information content (AvgIpc) is 3.18. The zero-order chi connectivity index (χ0) is 49.6. The number of nitrogens with zero attached hydrogens (tertiary/aromatic N) is 2. The molecule has 66 heavy (non-hydrogen) atoms. The highest BCUT2D eigenvalue weighted by atomic mass is 16.6. The average molecular weight is 926 g/mol. The SMILES string of the molecule is CCN(CCC(=O)NCC(=O)N(C)C1C(=O)N[C@@H](C)C(=O)NC(C)Cc2ccc(OCCNC(=O)OC(C)(C)C)c(c2)-c2cc1ccc2OCCNC(=O)OC(C)(C)C)C(=O)OC(C)(C)C. The van der Waals surface area contributed by atoms with Crippen molar-refractivity contribution < 1.29 is 57.2 Å². The van der Waals surface area contributed by atoms with Crippen molar-refractivity contribution in [2.45, 2.75) is 131 Å². The van der Waals surface area contributed by atoms with Crippen LogP contribution in [0.1, 0.15) is 107 Å². The zero-order valence-corrected chi connectivity index (χ0v) is 40.9. The fraction of sp³-hybridized carbons (Fsp3) is 0.596. The monoisotopic (exact) mass is 926 g/mol. The van der Waals surface area contributed by atoms with Gasteiger partial charge in [0.2, 0.25) is 23.6 Å². The van der Waals surface area contributed by atoms with Crippen molar-refractivity contribution in [2.24, 2.45) is 0 Å². The van der Waals surface area contributed by atoms with Gasteiger partial charge in [0.15, 0.2) is 0 Å². The van der Waals surface area contributed by atoms with Gasteiger partial charge in [-0.05, 0) is 125 Å². The number of carbonyl (C=O) groups is 7. The molecule has 0 radical (unpaired) electrons. The van der Waals surface area contributed by atoms with E-state index in [1.165, 1.54) is 23.8 Å². The van der Waals surface area contributed by atoms with Crippen LogP contribution in [0.15, 0.2) is 36.4 Å². The fourth-order valence-electron chi connectivity index (χ4n) is 6.50. The lowest BCUT2D eigenvalue weighted by Crippen LogP contribution is -2.52. The summed E-state index contributed by atoms with van der Waals surface area (Å²) in [5.41, 5.74) is -0.00429. The van der Waals surface area contributed by atoms with E-state index in [1.807, 2.05) is 19.1 Å². The van der Waals surface area contributed by atoms with Gasteiger partial charge in [0.05, 0.1) is 19.6 Å². The van der Waals surface area contributed by atoms with Crippen molar-refractivity contribution in [3.8, 4) is 22.6 Å². The van der Waals surface area contributed by atoms with Crippen LogP contribution in [0.4, 0.5) is 14.4 Å². The summed E-state index contributed by atoms with van der Waals surface area (Å²) in [4.78, 5) is 94.5. The molecule has 5 N–H and O–H groups in total. The first kappa shape index (κ1) is 54.1. The summed E-state index contributed by atoms with van der Waals surface area (Å²) < 4.78 is 28.7. The molecule has 0 fully saturated rings. The Morgan fingerprint density at radius 2 is 1.24 bits per heavy atom. The number of hydrogen-bond donors (Lipinski definition) is 5. The highest BCUT2D eigenvalue weighted by molar-refractivity contribution is 5.94. The molecule has 1 aliphatic rings. The summed E-state index contributed by atoms with van der Waals surface area (Å²) in [6.45, 7) is 21.0. The smallest absolute Gasteiger partial charge is 0.410 e. The number of fused-ring (bicyclic) bond motifs is 5. The number of nitrogens with one attached hydrogen (secondary N) is 5. The molecule has 366 valence electrons. The molecule has 3 rings (SSSR count). The molecule has 2 aromatic carbocycles. The Balaban J connectivity index is 2.05. The fourth-order valence-corrected chi connectivity index (χ4v) is 6.50. The molecule has 1 aliphatic heterocycles. The standard InChI is InChI=1S/C47H71N7O12/c1-14-54(44(61)66-47(10,11)12)22-19-37(55)50-28-38(56)53(13)39-32-16-18-36(63-24-21-49-43(60)65-46(7,8)9)34(27-32)33-26-31(25-29(2)51-40(57)30(3)52-41(39)58)15-17-35(33)62-23-20-48-42(59)64-45(4,5)6/h15-18,26-27,29-30,39H,14,19-25,28H2,1-13H3,(H,48,59)(H,49,60)(H,50,55)(H,51,57)(H,52,58)/t29?,30-,39?/m0/s1. The highest BCUT2D eigenvalue weighted by Crippen LogP contribution is 2.40. The third-order valence-electron chi connectivity index (χ3n) is 9.50. The number of rotatable bonds is 15. The molecule has 3 atom stereocenters. The van der Waals surface area contributed by atoms with E-state index in [2.05, 4.69) is 26.6 Å². The Kier molecular flexibility index (Phi) is 19.5. The lowest BCUT2D eigenvalue weighted by molar-refractivity contribution is -0.140. The molecule has 0 aromatic heterocycles. The van der Waals surface area contributed by atoms with Gasteiger partial charge in [0.1, 0.15) is 53.6 Å². The number of benzene rings is 2. The number of carbonyl (C=O) groups excluding carboxylic acids is 7. The lowest BCUT2D eigenvalue weighted by Gasteiger charge is -2.30. The molecule has 19 nitrogen and oxygen atoms in total. The van der Waals surface area contributed by atoms with Crippen molar-refractivity contribution in [2.75, 3.05) is 53.0 Å². The van der Waals surface area contributed by atoms with E-state index in [9.17, 15) is 33.6 Å². The molecule has 0 saturated heterocycles. The number of amides is 7. The van der Waals surface area contributed by atoms with E-state index in [1.54, 1.807) is 93.5 Å². The molecule has 0 spiro atoms. The summed E-state index contributed by atoms with van der Waals surface area (Å²) in [7, 11) is 1.41. The van der Waals surface area contributed by atoms with Crippen LogP contribution >= 0.6 is 0 Å². The van der Waals surface area contributed by atoms with Crippen molar-refractivity contribution in [3.63, 3.8) is 0 Å². The molecule has 7 amide bonds. The number of alkyl carbamates (subject to hydrolysis) is 2. The number of ether oxygens (including phenoxy) is 5. The molecular weight excluding hydrogens is 855 g/mol. The van der Waals surface area contributed by atoms with Crippen LogP contribution in [0.5, 0.6) is 11.5 Å². The summed E-state index contributed by atoms with van der Waals surface area (Å²) in [6.07, 6.45) is -1.51. The molecule has 0 saturated carbocycles. The van der Waals surface area contributed by atoms with Crippen LogP contribution in [0.25, 0.3) is 11.1 Å². The summed E-state index contributed by atoms with van der Waals surface area (Å²) in [6, 6.07) is 7.71. The third kappa shape index (κ3) is 18.3. The van der Waals surface area contributed by atoms with Gasteiger partial charge in [-0.1, -0.05) is 12.1 Å². The van der Waals surface area contributed by atoms with E-state index in [0.29, 0.717) is 41.2 Å². The molecule has 2 aromatic rings. The molecule has 0 aliphatic carbocycles. The van der Waals surface area contributed by atoms with E-state index in [0.717, 1.165) is 5.56 Å². The van der Waals surface area contributed by atoms with Gasteiger partial charge in [-0.3, -0.25) is 19.2 Å². The van der Waals surface area contributed by atoms with Crippen LogP contribution in [0.2, 0.25) is 0 Å². The number of hydrogen-bond acceptors (Lipinski definition) is 12. The van der Waals surface area contributed by atoms with Crippen LogP contribution < -0.4 is 36.1 Å². The van der Waals surface area contributed by atoms with Crippen molar-refractivity contribution >= 4 is 41.9 Å². The highest BCUT2D eigenvalue weighted by Gasteiger charge is 2.33. The van der Waals surface area contributed by atoms with Crippen LogP contribution in [-0.4, -0.2) is 134 Å². The normalized spacial score (nSPS) is 16.5. The van der Waals surface area contributed by atoms with Crippen molar-refractivity contribution in [1.82, 2.24) is 36.4 Å². The predicted molar refractivity (Wildman–Crippen MR) is 247 cm³/mol. The molecule has 1 heterocycles. The predicted octanol–water partition coefficient (Wildman–Crippen LogP) is 4.99. The van der Waals surface area contributed by atoms with E-state index >= 15 is 0 Å². The zero-order valence-electron chi connectivity index (χ0n) is 40.9. The summed E-state index contributed by atoms with van der Waals surface area (Å²) >= 11 is 0. The van der Waals surface area contributed by atoms with Crippen molar-refractivity contribution in [1.29, 1.82) is 0 Å². The van der Waals surface area contributed by atoms with Gasteiger partial charge in [-0.25, -0.2) is 14.4 Å². The Morgan fingerprint density at radius 1 is 0.712 bits per heavy atom.